The lowest BCUT2D eigenvalue weighted by atomic mass is 9.94. The molecule has 3 aromatic rings. The zero-order chi connectivity index (χ0) is 36.3. The zero-order valence-corrected chi connectivity index (χ0v) is 29.5. The smallest absolute Gasteiger partial charge is 0.249 e. The van der Waals surface area contributed by atoms with Crippen molar-refractivity contribution in [2.75, 3.05) is 46.5 Å². The van der Waals surface area contributed by atoms with Crippen LogP contribution in [0.4, 0.5) is 8.78 Å². The Labute approximate surface area is 294 Å². The predicted octanol–water partition coefficient (Wildman–Crippen LogP) is 4.36. The van der Waals surface area contributed by atoms with E-state index >= 15 is 0 Å². The van der Waals surface area contributed by atoms with Gasteiger partial charge in [0, 0.05) is 51.0 Å². The lowest BCUT2D eigenvalue weighted by Gasteiger charge is -2.36. The van der Waals surface area contributed by atoms with Gasteiger partial charge < -0.3 is 30.3 Å². The molecular weight excluding hydrogens is 642 g/mol. The highest BCUT2D eigenvalue weighted by atomic mass is 19.2. The fourth-order valence-corrected chi connectivity index (χ4v) is 6.04. The highest BCUT2D eigenvalue weighted by Crippen LogP contribution is 2.22. The van der Waals surface area contributed by atoms with Gasteiger partial charge in [-0.3, -0.25) is 14.4 Å². The molecule has 3 amide bonds. The second-order valence-corrected chi connectivity index (χ2v) is 13.7. The van der Waals surface area contributed by atoms with E-state index in [1.807, 2.05) is 54.6 Å². The SMILES string of the molecule is CCN(C(=O)COC[C@@H]1CCCN1)[C@H](Cc1ccc(-c2ccccc2)cc1)C(=O)N(C)[C@H](Cc1ccc(F)c(F)c1)C(=O)NCC(C)(C)CO. The van der Waals surface area contributed by atoms with Crippen molar-refractivity contribution in [2.45, 2.75) is 64.6 Å². The number of carbonyl (C=O) groups excluding carboxylic acids is 3. The summed E-state index contributed by atoms with van der Waals surface area (Å²) in [4.78, 5) is 44.8. The monoisotopic (exact) mass is 692 g/mol. The molecule has 0 bridgehead atoms. The number of hydrogen-bond donors (Lipinski definition) is 3. The first-order chi connectivity index (χ1) is 23.9. The summed E-state index contributed by atoms with van der Waals surface area (Å²) >= 11 is 0. The Morgan fingerprint density at radius 3 is 2.24 bits per heavy atom. The summed E-state index contributed by atoms with van der Waals surface area (Å²) in [6.45, 7) is 6.56. The summed E-state index contributed by atoms with van der Waals surface area (Å²) in [6.07, 6.45) is 2.07. The maximum atomic E-state index is 14.6. The van der Waals surface area contributed by atoms with Crippen LogP contribution in [0.25, 0.3) is 11.1 Å². The molecule has 270 valence electrons. The van der Waals surface area contributed by atoms with Crippen LogP contribution in [0.2, 0.25) is 0 Å². The molecular formula is C39H50F2N4O5. The molecule has 0 unspecified atom stereocenters. The number of benzene rings is 3. The van der Waals surface area contributed by atoms with E-state index in [1.54, 1.807) is 20.8 Å². The minimum absolute atomic E-state index is 0.110. The van der Waals surface area contributed by atoms with Crippen molar-refractivity contribution in [3.8, 4) is 11.1 Å². The normalized spacial score (nSPS) is 15.7. The minimum Gasteiger partial charge on any atom is -0.396 e. The zero-order valence-electron chi connectivity index (χ0n) is 29.5. The molecule has 1 heterocycles. The van der Waals surface area contributed by atoms with E-state index < -0.39 is 40.9 Å². The van der Waals surface area contributed by atoms with E-state index in [4.69, 9.17) is 4.74 Å². The van der Waals surface area contributed by atoms with Crippen LogP contribution < -0.4 is 10.6 Å². The van der Waals surface area contributed by atoms with Crippen molar-refractivity contribution >= 4 is 17.7 Å². The van der Waals surface area contributed by atoms with Crippen LogP contribution in [0, 0.1) is 17.0 Å². The number of aliphatic hydroxyl groups excluding tert-OH is 1. The Kier molecular flexibility index (Phi) is 14.0. The summed E-state index contributed by atoms with van der Waals surface area (Å²) in [5.74, 6) is -3.46. The summed E-state index contributed by atoms with van der Waals surface area (Å²) in [5, 5.41) is 15.9. The van der Waals surface area contributed by atoms with Crippen LogP contribution in [0.1, 0.15) is 44.7 Å². The standard InChI is InChI=1S/C39H50F2N4O5/c1-5-45(36(47)24-50-23-31-12-9-19-42-31)35(21-27-13-16-30(17-14-27)29-10-7-6-8-11-29)38(49)44(4)34(37(48)43-25-39(2,3)26-46)22-28-15-18-32(40)33(41)20-28/h6-8,10-11,13-18,20,31,34-35,42,46H,5,9,12,19,21-26H2,1-4H3,(H,43,48)/t31-,34+,35+/m0/s1. The van der Waals surface area contributed by atoms with Gasteiger partial charge >= 0.3 is 0 Å². The molecule has 0 spiro atoms. The first-order valence-electron chi connectivity index (χ1n) is 17.3. The van der Waals surface area contributed by atoms with Gasteiger partial charge in [-0.15, -0.1) is 0 Å². The van der Waals surface area contributed by atoms with Crippen LogP contribution >= 0.6 is 0 Å². The van der Waals surface area contributed by atoms with Crippen molar-refractivity contribution in [1.29, 1.82) is 0 Å². The van der Waals surface area contributed by atoms with Crippen LogP contribution in [-0.2, 0) is 32.0 Å². The summed E-state index contributed by atoms with van der Waals surface area (Å²) in [7, 11) is 1.48. The second kappa shape index (κ2) is 18.2. The molecule has 1 saturated heterocycles. The molecule has 0 aromatic heterocycles. The van der Waals surface area contributed by atoms with Crippen molar-refractivity contribution in [3.05, 3.63) is 95.6 Å². The predicted molar refractivity (Wildman–Crippen MR) is 189 cm³/mol. The van der Waals surface area contributed by atoms with Crippen molar-refractivity contribution < 1.29 is 33.0 Å². The van der Waals surface area contributed by atoms with Gasteiger partial charge in [0.15, 0.2) is 11.6 Å². The van der Waals surface area contributed by atoms with Crippen LogP contribution in [0.3, 0.4) is 0 Å². The maximum Gasteiger partial charge on any atom is 0.249 e. The lowest BCUT2D eigenvalue weighted by molar-refractivity contribution is -0.150. The number of carbonyl (C=O) groups is 3. The van der Waals surface area contributed by atoms with Crippen molar-refractivity contribution in [1.82, 2.24) is 20.4 Å². The van der Waals surface area contributed by atoms with E-state index in [9.17, 15) is 28.3 Å². The van der Waals surface area contributed by atoms with E-state index in [1.165, 1.54) is 22.9 Å². The van der Waals surface area contributed by atoms with E-state index in [-0.39, 0.29) is 51.1 Å². The largest absolute Gasteiger partial charge is 0.396 e. The number of likely N-dealkylation sites (N-methyl/N-ethyl adjacent to an activating group) is 2. The van der Waals surface area contributed by atoms with Crippen molar-refractivity contribution in [2.24, 2.45) is 5.41 Å². The number of halogens is 2. The van der Waals surface area contributed by atoms with Gasteiger partial charge in [-0.1, -0.05) is 74.5 Å². The van der Waals surface area contributed by atoms with Gasteiger partial charge in [0.2, 0.25) is 17.7 Å². The number of ether oxygens (including phenoxy) is 1. The Morgan fingerprint density at radius 2 is 1.62 bits per heavy atom. The molecule has 50 heavy (non-hydrogen) atoms. The Bertz CT molecular complexity index is 1560. The van der Waals surface area contributed by atoms with Gasteiger partial charge in [0.1, 0.15) is 18.7 Å². The number of nitrogens with zero attached hydrogens (tertiary/aromatic N) is 2. The average Bonchev–Trinajstić information content (AvgIpc) is 3.64. The molecule has 4 rings (SSSR count). The highest BCUT2D eigenvalue weighted by molar-refractivity contribution is 5.92. The second-order valence-electron chi connectivity index (χ2n) is 13.7. The first kappa shape index (κ1) is 38.6. The quantitative estimate of drug-likeness (QED) is 0.194. The lowest BCUT2D eigenvalue weighted by Crippen LogP contribution is -2.57. The topological polar surface area (TPSA) is 111 Å². The van der Waals surface area contributed by atoms with Gasteiger partial charge in [-0.25, -0.2) is 8.78 Å². The van der Waals surface area contributed by atoms with Gasteiger partial charge in [0.05, 0.1) is 6.61 Å². The van der Waals surface area contributed by atoms with Gasteiger partial charge in [-0.2, -0.15) is 0 Å². The fourth-order valence-electron chi connectivity index (χ4n) is 6.04. The summed E-state index contributed by atoms with van der Waals surface area (Å²) in [5.41, 5.74) is 2.53. The summed E-state index contributed by atoms with van der Waals surface area (Å²) < 4.78 is 33.8. The Balaban J connectivity index is 1.63. The number of rotatable bonds is 17. The molecule has 0 radical (unpaired) electrons. The molecule has 1 fully saturated rings. The minimum atomic E-state index is -1.14. The third-order valence-electron chi connectivity index (χ3n) is 9.22. The third kappa shape index (κ3) is 10.7. The third-order valence-corrected chi connectivity index (χ3v) is 9.22. The Hall–Kier alpha value is -4.19. The maximum absolute atomic E-state index is 14.6. The molecule has 0 saturated carbocycles. The molecule has 11 heteroatoms. The number of hydrogen-bond acceptors (Lipinski definition) is 6. The van der Waals surface area contributed by atoms with Crippen LogP contribution in [-0.4, -0.2) is 97.3 Å². The molecule has 9 nitrogen and oxygen atoms in total. The first-order valence-corrected chi connectivity index (χ1v) is 17.3. The van der Waals surface area contributed by atoms with E-state index in [0.29, 0.717) is 12.2 Å². The van der Waals surface area contributed by atoms with Crippen LogP contribution in [0.15, 0.2) is 72.8 Å². The van der Waals surface area contributed by atoms with Crippen LogP contribution in [0.5, 0.6) is 0 Å². The Morgan fingerprint density at radius 1 is 0.960 bits per heavy atom. The fraction of sp³-hybridized carbons (Fsp3) is 0.462. The molecule has 3 N–H and O–H groups in total. The molecule has 0 aliphatic carbocycles. The number of nitrogens with one attached hydrogen (secondary N) is 2. The van der Waals surface area contributed by atoms with Gasteiger partial charge in [-0.05, 0) is 60.7 Å². The highest BCUT2D eigenvalue weighted by Gasteiger charge is 2.36. The van der Waals surface area contributed by atoms with E-state index in [2.05, 4.69) is 10.6 Å². The van der Waals surface area contributed by atoms with Gasteiger partial charge in [0.25, 0.3) is 0 Å². The molecule has 1 aliphatic rings. The number of aliphatic hydroxyl groups is 1. The molecule has 1 aliphatic heterocycles. The summed E-state index contributed by atoms with van der Waals surface area (Å²) in [6, 6.07) is 19.1. The van der Waals surface area contributed by atoms with Crippen molar-refractivity contribution in [3.63, 3.8) is 0 Å². The molecule has 3 atom stereocenters. The number of amides is 3. The van der Waals surface area contributed by atoms with E-state index in [0.717, 1.165) is 48.2 Å². The molecule has 3 aromatic carbocycles. The average molecular weight is 693 g/mol.